The van der Waals surface area contributed by atoms with Crippen molar-refractivity contribution in [3.8, 4) is 5.69 Å². The molecule has 1 aromatic heterocycles. The first-order chi connectivity index (χ1) is 13.2. The highest BCUT2D eigenvalue weighted by atomic mass is 32.2. The fourth-order valence-electron chi connectivity index (χ4n) is 3.26. The van der Waals surface area contributed by atoms with Gasteiger partial charge in [0.05, 0.1) is 36.4 Å². The van der Waals surface area contributed by atoms with Gasteiger partial charge in [-0.2, -0.15) is 5.10 Å². The van der Waals surface area contributed by atoms with E-state index in [2.05, 4.69) is 10.4 Å². The summed E-state index contributed by atoms with van der Waals surface area (Å²) in [5.41, 5.74) is 3.17. The molecule has 0 saturated carbocycles. The van der Waals surface area contributed by atoms with E-state index in [9.17, 15) is 13.2 Å². The third-order valence-electron chi connectivity index (χ3n) is 4.86. The van der Waals surface area contributed by atoms with E-state index < -0.39 is 10.0 Å². The molecule has 0 spiro atoms. The molecule has 2 aromatic rings. The number of sulfonamides is 1. The normalized spacial score (nSPS) is 19.9. The molecular formula is C19H26N4O4S. The Labute approximate surface area is 165 Å². The number of aryl methyl sites for hydroxylation is 2. The van der Waals surface area contributed by atoms with Gasteiger partial charge in [-0.1, -0.05) is 6.07 Å². The van der Waals surface area contributed by atoms with E-state index in [0.29, 0.717) is 18.8 Å². The summed E-state index contributed by atoms with van der Waals surface area (Å²) >= 11 is 0. The van der Waals surface area contributed by atoms with Crippen LogP contribution in [0.5, 0.6) is 0 Å². The molecule has 2 atom stereocenters. The Morgan fingerprint density at radius 3 is 2.68 bits per heavy atom. The molecule has 0 radical (unpaired) electrons. The summed E-state index contributed by atoms with van der Waals surface area (Å²) in [7, 11) is -0.363. The van der Waals surface area contributed by atoms with Crippen LogP contribution in [0, 0.1) is 19.8 Å². The minimum atomic E-state index is -3.37. The Balaban J connectivity index is 1.74. The molecule has 1 aromatic carbocycles. The minimum absolute atomic E-state index is 0.0588. The van der Waals surface area contributed by atoms with Gasteiger partial charge in [0, 0.05) is 31.3 Å². The lowest BCUT2D eigenvalue weighted by Gasteiger charge is -2.21. The standard InChI is InChI=1S/C19H26N4O4S/c1-13-8-14(2)23(21-13)17-7-5-6-15(9-17)19(24)20-18-11-27-10-16(18)12-28(25,26)22(3)4/h5-9,16,18H,10-12H2,1-4H3,(H,20,24)/t16-,18-/m0/s1. The van der Waals surface area contributed by atoms with Gasteiger partial charge in [-0.15, -0.1) is 0 Å². The van der Waals surface area contributed by atoms with E-state index >= 15 is 0 Å². The average Bonchev–Trinajstić information content (AvgIpc) is 3.20. The van der Waals surface area contributed by atoms with Gasteiger partial charge in [0.2, 0.25) is 10.0 Å². The fourth-order valence-corrected chi connectivity index (χ4v) is 4.43. The zero-order valence-corrected chi connectivity index (χ0v) is 17.4. The van der Waals surface area contributed by atoms with E-state index in [1.807, 2.05) is 26.0 Å². The summed E-state index contributed by atoms with van der Waals surface area (Å²) < 4.78 is 32.8. The monoisotopic (exact) mass is 406 g/mol. The molecule has 0 unspecified atom stereocenters. The molecule has 1 fully saturated rings. The van der Waals surface area contributed by atoms with Crippen LogP contribution in [0.1, 0.15) is 21.7 Å². The van der Waals surface area contributed by atoms with Crippen molar-refractivity contribution >= 4 is 15.9 Å². The van der Waals surface area contributed by atoms with Crippen molar-refractivity contribution in [2.45, 2.75) is 19.9 Å². The largest absolute Gasteiger partial charge is 0.379 e. The van der Waals surface area contributed by atoms with Gasteiger partial charge in [-0.3, -0.25) is 4.79 Å². The predicted molar refractivity (Wildman–Crippen MR) is 106 cm³/mol. The van der Waals surface area contributed by atoms with E-state index in [4.69, 9.17) is 4.74 Å². The summed E-state index contributed by atoms with van der Waals surface area (Å²) in [6.45, 7) is 4.49. The number of amides is 1. The van der Waals surface area contributed by atoms with Crippen LogP contribution in [0.2, 0.25) is 0 Å². The number of ether oxygens (including phenoxy) is 1. The number of hydrogen-bond acceptors (Lipinski definition) is 5. The number of nitrogens with zero attached hydrogens (tertiary/aromatic N) is 3. The molecule has 8 nitrogen and oxygen atoms in total. The molecule has 9 heteroatoms. The van der Waals surface area contributed by atoms with Crippen LogP contribution in [0.15, 0.2) is 30.3 Å². The molecule has 1 saturated heterocycles. The number of benzene rings is 1. The third-order valence-corrected chi connectivity index (χ3v) is 6.82. The molecule has 1 aliphatic heterocycles. The molecule has 152 valence electrons. The van der Waals surface area contributed by atoms with Gasteiger partial charge in [0.15, 0.2) is 0 Å². The number of aromatic nitrogens is 2. The van der Waals surface area contributed by atoms with Crippen molar-refractivity contribution in [1.29, 1.82) is 0 Å². The Bertz CT molecular complexity index is 968. The number of nitrogens with one attached hydrogen (secondary N) is 1. The lowest BCUT2D eigenvalue weighted by molar-refractivity contribution is 0.0926. The lowest BCUT2D eigenvalue weighted by atomic mass is 10.1. The number of hydrogen-bond donors (Lipinski definition) is 1. The topological polar surface area (TPSA) is 93.5 Å². The third kappa shape index (κ3) is 4.43. The second kappa shape index (κ2) is 8.02. The quantitative estimate of drug-likeness (QED) is 0.776. The maximum Gasteiger partial charge on any atom is 0.251 e. The van der Waals surface area contributed by atoms with Crippen molar-refractivity contribution in [1.82, 2.24) is 19.4 Å². The van der Waals surface area contributed by atoms with Gasteiger partial charge in [-0.05, 0) is 38.1 Å². The molecular weight excluding hydrogens is 380 g/mol. The lowest BCUT2D eigenvalue weighted by Crippen LogP contribution is -2.43. The Morgan fingerprint density at radius 2 is 2.04 bits per heavy atom. The molecule has 3 rings (SSSR count). The van der Waals surface area contributed by atoms with Crippen molar-refractivity contribution in [3.63, 3.8) is 0 Å². The predicted octanol–water partition coefficient (Wildman–Crippen LogP) is 1.13. The van der Waals surface area contributed by atoms with Gasteiger partial charge >= 0.3 is 0 Å². The Hall–Kier alpha value is -2.23. The zero-order chi connectivity index (χ0) is 20.5. The molecule has 2 heterocycles. The number of rotatable bonds is 6. The molecule has 1 N–H and O–H groups in total. The van der Waals surface area contributed by atoms with Crippen LogP contribution in [0.25, 0.3) is 5.69 Å². The smallest absolute Gasteiger partial charge is 0.251 e. The van der Waals surface area contributed by atoms with E-state index in [-0.39, 0.29) is 23.6 Å². The highest BCUT2D eigenvalue weighted by Crippen LogP contribution is 2.19. The summed E-state index contributed by atoms with van der Waals surface area (Å²) in [5, 5.41) is 7.38. The van der Waals surface area contributed by atoms with Crippen LogP contribution in [-0.2, 0) is 14.8 Å². The second-order valence-corrected chi connectivity index (χ2v) is 9.56. The maximum atomic E-state index is 12.8. The maximum absolute atomic E-state index is 12.8. The summed E-state index contributed by atoms with van der Waals surface area (Å²) in [5.74, 6) is -0.599. The summed E-state index contributed by atoms with van der Waals surface area (Å²) in [6.07, 6.45) is 0. The van der Waals surface area contributed by atoms with Crippen LogP contribution in [-0.4, -0.2) is 67.5 Å². The van der Waals surface area contributed by atoms with Crippen LogP contribution in [0.4, 0.5) is 0 Å². The van der Waals surface area contributed by atoms with E-state index in [1.165, 1.54) is 18.4 Å². The van der Waals surface area contributed by atoms with Crippen molar-refractivity contribution < 1.29 is 17.9 Å². The van der Waals surface area contributed by atoms with Gasteiger partial charge < -0.3 is 10.1 Å². The summed E-state index contributed by atoms with van der Waals surface area (Å²) in [6, 6.07) is 8.82. The minimum Gasteiger partial charge on any atom is -0.379 e. The SMILES string of the molecule is Cc1cc(C)n(-c2cccc(C(=O)N[C@H]3COC[C@H]3CS(=O)(=O)N(C)C)c2)n1. The van der Waals surface area contributed by atoms with Crippen molar-refractivity contribution in [2.75, 3.05) is 33.1 Å². The van der Waals surface area contributed by atoms with Crippen molar-refractivity contribution in [3.05, 3.63) is 47.3 Å². The number of carbonyl (C=O) groups excluding carboxylic acids is 1. The zero-order valence-electron chi connectivity index (χ0n) is 16.5. The molecule has 28 heavy (non-hydrogen) atoms. The summed E-state index contributed by atoms with van der Waals surface area (Å²) in [4.78, 5) is 12.8. The van der Waals surface area contributed by atoms with E-state index in [0.717, 1.165) is 17.1 Å². The Kier molecular flexibility index (Phi) is 5.87. The Morgan fingerprint density at radius 1 is 1.29 bits per heavy atom. The van der Waals surface area contributed by atoms with Gasteiger partial charge in [-0.25, -0.2) is 17.4 Å². The molecule has 1 amide bonds. The first kappa shape index (κ1) is 20.5. The fraction of sp³-hybridized carbons (Fsp3) is 0.474. The molecule has 0 bridgehead atoms. The van der Waals surface area contributed by atoms with Gasteiger partial charge in [0.1, 0.15) is 0 Å². The average molecular weight is 407 g/mol. The van der Waals surface area contributed by atoms with Crippen LogP contribution < -0.4 is 5.32 Å². The molecule has 0 aliphatic carbocycles. The first-order valence-corrected chi connectivity index (χ1v) is 10.7. The van der Waals surface area contributed by atoms with Crippen LogP contribution >= 0.6 is 0 Å². The first-order valence-electron chi connectivity index (χ1n) is 9.10. The van der Waals surface area contributed by atoms with Crippen LogP contribution in [0.3, 0.4) is 0 Å². The number of carbonyl (C=O) groups is 1. The molecule has 1 aliphatic rings. The highest BCUT2D eigenvalue weighted by Gasteiger charge is 2.34. The van der Waals surface area contributed by atoms with Gasteiger partial charge in [0.25, 0.3) is 5.91 Å². The van der Waals surface area contributed by atoms with Crippen molar-refractivity contribution in [2.24, 2.45) is 5.92 Å². The second-order valence-electron chi connectivity index (χ2n) is 7.33. The van der Waals surface area contributed by atoms with E-state index in [1.54, 1.807) is 22.9 Å². The highest BCUT2D eigenvalue weighted by molar-refractivity contribution is 7.89.